The number of benzene rings is 2. The molecule has 1 unspecified atom stereocenters. The topological polar surface area (TPSA) is 38.3 Å². The number of carbonyl (C=O) groups excluding carboxylic acids is 1. The quantitative estimate of drug-likeness (QED) is 0.879. The molecule has 0 aromatic heterocycles. The zero-order valence-corrected chi connectivity index (χ0v) is 14.2. The summed E-state index contributed by atoms with van der Waals surface area (Å²) in [5.41, 5.74) is 3.04. The molecule has 0 radical (unpaired) electrons. The predicted octanol–water partition coefficient (Wildman–Crippen LogP) is 4.23. The Bertz CT molecular complexity index is 775. The summed E-state index contributed by atoms with van der Waals surface area (Å²) in [6, 6.07) is 11.6. The second-order valence-corrected chi connectivity index (χ2v) is 7.08. The lowest BCUT2D eigenvalue weighted by molar-refractivity contribution is -0.274. The van der Waals surface area contributed by atoms with Gasteiger partial charge in [0.25, 0.3) is 0 Å². The number of alkyl halides is 3. The molecule has 2 aromatic carbocycles. The van der Waals surface area contributed by atoms with Gasteiger partial charge in [0.05, 0.1) is 5.25 Å². The van der Waals surface area contributed by atoms with E-state index in [0.29, 0.717) is 12.0 Å². The van der Waals surface area contributed by atoms with Crippen molar-refractivity contribution in [1.29, 1.82) is 0 Å². The highest BCUT2D eigenvalue weighted by Crippen LogP contribution is 2.37. The normalized spacial score (nSPS) is 16.4. The first-order valence-electron chi connectivity index (χ1n) is 7.69. The number of fused-ring (bicyclic) bond motifs is 1. The number of aryl methyl sites for hydroxylation is 1. The summed E-state index contributed by atoms with van der Waals surface area (Å²) in [5, 5.41) is 2.66. The number of rotatable bonds is 4. The van der Waals surface area contributed by atoms with Crippen molar-refractivity contribution in [3.05, 3.63) is 59.2 Å². The largest absolute Gasteiger partial charge is 0.573 e. The first-order chi connectivity index (χ1) is 11.8. The van der Waals surface area contributed by atoms with Crippen LogP contribution in [0.25, 0.3) is 0 Å². The maximum Gasteiger partial charge on any atom is 0.573 e. The fourth-order valence-corrected chi connectivity index (χ4v) is 3.91. The average Bonchev–Trinajstić information content (AvgIpc) is 2.95. The van der Waals surface area contributed by atoms with Gasteiger partial charge in [0.1, 0.15) is 5.75 Å². The molecule has 0 bridgehead atoms. The molecule has 1 N–H and O–H groups in total. The van der Waals surface area contributed by atoms with Gasteiger partial charge in [0, 0.05) is 11.4 Å². The summed E-state index contributed by atoms with van der Waals surface area (Å²) >= 11 is 1.55. The summed E-state index contributed by atoms with van der Waals surface area (Å²) in [6.07, 6.45) is -4.02. The standard InChI is InChI=1S/C18H16F3NO2S/c1-11-2-5-13-9-16(25-15(13)8-11)17(23)22-10-12-3-6-14(7-4-12)24-18(19,20)21/h2-8,16H,9-10H2,1H3,(H,22,23). The van der Waals surface area contributed by atoms with Gasteiger partial charge in [-0.2, -0.15) is 0 Å². The first kappa shape index (κ1) is 17.7. The molecular weight excluding hydrogens is 351 g/mol. The number of thioether (sulfide) groups is 1. The Kier molecular flexibility index (Phi) is 4.94. The van der Waals surface area contributed by atoms with E-state index in [-0.39, 0.29) is 23.5 Å². The molecule has 3 nitrogen and oxygen atoms in total. The highest BCUT2D eigenvalue weighted by molar-refractivity contribution is 8.01. The van der Waals surface area contributed by atoms with E-state index in [0.717, 1.165) is 10.5 Å². The Hall–Kier alpha value is -2.15. The van der Waals surface area contributed by atoms with Crippen molar-refractivity contribution in [2.75, 3.05) is 0 Å². The lowest BCUT2D eigenvalue weighted by atomic mass is 10.1. The monoisotopic (exact) mass is 367 g/mol. The number of amides is 1. The number of nitrogens with one attached hydrogen (secondary N) is 1. The summed E-state index contributed by atoms with van der Waals surface area (Å²) in [4.78, 5) is 13.5. The van der Waals surface area contributed by atoms with E-state index in [1.165, 1.54) is 29.8 Å². The minimum Gasteiger partial charge on any atom is -0.406 e. The summed E-state index contributed by atoms with van der Waals surface area (Å²) < 4.78 is 40.2. The van der Waals surface area contributed by atoms with Crippen LogP contribution >= 0.6 is 11.8 Å². The van der Waals surface area contributed by atoms with Gasteiger partial charge in [-0.15, -0.1) is 24.9 Å². The third kappa shape index (κ3) is 4.69. The van der Waals surface area contributed by atoms with Crippen molar-refractivity contribution in [3.63, 3.8) is 0 Å². The Morgan fingerprint density at radius 2 is 1.96 bits per heavy atom. The van der Waals surface area contributed by atoms with Gasteiger partial charge in [0.2, 0.25) is 5.91 Å². The second-order valence-electron chi connectivity index (χ2n) is 5.83. The lowest BCUT2D eigenvalue weighted by Crippen LogP contribution is -2.31. The van der Waals surface area contributed by atoms with E-state index in [9.17, 15) is 18.0 Å². The van der Waals surface area contributed by atoms with E-state index in [1.54, 1.807) is 11.8 Å². The second kappa shape index (κ2) is 7.00. The Balaban J connectivity index is 1.53. The van der Waals surface area contributed by atoms with Crippen LogP contribution in [-0.2, 0) is 17.8 Å². The van der Waals surface area contributed by atoms with Gasteiger partial charge < -0.3 is 10.1 Å². The molecule has 1 heterocycles. The number of halogens is 3. The van der Waals surface area contributed by atoms with Crippen LogP contribution in [0.3, 0.4) is 0 Å². The van der Waals surface area contributed by atoms with Gasteiger partial charge >= 0.3 is 6.36 Å². The third-order valence-corrected chi connectivity index (χ3v) is 5.11. The van der Waals surface area contributed by atoms with E-state index in [1.807, 2.05) is 19.1 Å². The molecule has 132 valence electrons. The van der Waals surface area contributed by atoms with Crippen molar-refractivity contribution < 1.29 is 22.7 Å². The smallest absolute Gasteiger partial charge is 0.406 e. The number of carbonyl (C=O) groups is 1. The summed E-state index contributed by atoms with van der Waals surface area (Å²) in [5.74, 6) is -0.353. The molecule has 0 saturated heterocycles. The molecule has 7 heteroatoms. The van der Waals surface area contributed by atoms with Gasteiger partial charge in [-0.05, 0) is 42.7 Å². The van der Waals surface area contributed by atoms with Crippen LogP contribution in [0.2, 0.25) is 0 Å². The Morgan fingerprint density at radius 1 is 1.24 bits per heavy atom. The van der Waals surface area contributed by atoms with E-state index >= 15 is 0 Å². The van der Waals surface area contributed by atoms with Crippen molar-refractivity contribution in [1.82, 2.24) is 5.32 Å². The molecule has 0 spiro atoms. The molecule has 1 atom stereocenters. The van der Waals surface area contributed by atoms with Gasteiger partial charge in [-0.3, -0.25) is 4.79 Å². The number of hydrogen-bond donors (Lipinski definition) is 1. The van der Waals surface area contributed by atoms with Crippen LogP contribution in [0.4, 0.5) is 13.2 Å². The third-order valence-electron chi connectivity index (χ3n) is 3.81. The van der Waals surface area contributed by atoms with Crippen LogP contribution in [0.5, 0.6) is 5.75 Å². The van der Waals surface area contributed by atoms with Crippen molar-refractivity contribution >= 4 is 17.7 Å². The van der Waals surface area contributed by atoms with Crippen molar-refractivity contribution in [2.24, 2.45) is 0 Å². The average molecular weight is 367 g/mol. The highest BCUT2D eigenvalue weighted by atomic mass is 32.2. The highest BCUT2D eigenvalue weighted by Gasteiger charge is 2.31. The number of ether oxygens (including phenoxy) is 1. The Morgan fingerprint density at radius 3 is 2.64 bits per heavy atom. The van der Waals surface area contributed by atoms with Crippen molar-refractivity contribution in [2.45, 2.75) is 36.4 Å². The van der Waals surface area contributed by atoms with Crippen LogP contribution in [0.15, 0.2) is 47.4 Å². The van der Waals surface area contributed by atoms with Gasteiger partial charge in [0.15, 0.2) is 0 Å². The first-order valence-corrected chi connectivity index (χ1v) is 8.57. The van der Waals surface area contributed by atoms with Gasteiger partial charge in [-0.25, -0.2) is 0 Å². The molecule has 3 rings (SSSR count). The molecular formula is C18H16F3NO2S. The zero-order chi connectivity index (χ0) is 18.0. The molecule has 25 heavy (non-hydrogen) atoms. The van der Waals surface area contributed by atoms with E-state index in [2.05, 4.69) is 16.1 Å². The zero-order valence-electron chi connectivity index (χ0n) is 13.4. The van der Waals surface area contributed by atoms with Crippen LogP contribution in [0.1, 0.15) is 16.7 Å². The fourth-order valence-electron chi connectivity index (χ4n) is 2.59. The lowest BCUT2D eigenvalue weighted by Gasteiger charge is -2.11. The van der Waals surface area contributed by atoms with E-state index < -0.39 is 6.36 Å². The summed E-state index contributed by atoms with van der Waals surface area (Å²) in [7, 11) is 0. The molecule has 2 aromatic rings. The molecule has 0 saturated carbocycles. The molecule has 1 aliphatic rings. The SMILES string of the molecule is Cc1ccc2c(c1)SC(C(=O)NCc1ccc(OC(F)(F)F)cc1)C2. The predicted molar refractivity (Wildman–Crippen MR) is 89.5 cm³/mol. The van der Waals surface area contributed by atoms with Crippen LogP contribution in [-0.4, -0.2) is 17.5 Å². The maximum atomic E-state index is 12.3. The molecule has 0 fully saturated rings. The molecule has 1 aliphatic heterocycles. The van der Waals surface area contributed by atoms with Crippen LogP contribution in [0, 0.1) is 6.92 Å². The fraction of sp³-hybridized carbons (Fsp3) is 0.278. The number of hydrogen-bond acceptors (Lipinski definition) is 3. The molecule has 1 amide bonds. The van der Waals surface area contributed by atoms with Gasteiger partial charge in [-0.1, -0.05) is 29.8 Å². The maximum absolute atomic E-state index is 12.3. The van der Waals surface area contributed by atoms with Crippen LogP contribution < -0.4 is 10.1 Å². The van der Waals surface area contributed by atoms with E-state index in [4.69, 9.17) is 0 Å². The minimum atomic E-state index is -4.71. The van der Waals surface area contributed by atoms with Crippen molar-refractivity contribution in [3.8, 4) is 5.75 Å². The summed E-state index contributed by atoms with van der Waals surface area (Å²) in [6.45, 7) is 2.28. The molecule has 0 aliphatic carbocycles. The minimum absolute atomic E-state index is 0.0746. The Labute approximate surface area is 147 Å².